The average Bonchev–Trinajstić information content (AvgIpc) is 2.86. The van der Waals surface area contributed by atoms with Crippen LogP contribution in [0.3, 0.4) is 0 Å². The van der Waals surface area contributed by atoms with Crippen molar-refractivity contribution in [3.05, 3.63) is 81.4 Å². The van der Waals surface area contributed by atoms with E-state index in [2.05, 4.69) is 10.4 Å². The lowest BCUT2D eigenvalue weighted by Crippen LogP contribution is -2.39. The lowest BCUT2D eigenvalue weighted by atomic mass is 10.0. The van der Waals surface area contributed by atoms with Crippen molar-refractivity contribution in [3.8, 4) is 23.0 Å². The number of benzene rings is 3. The molecule has 186 valence electrons. The van der Waals surface area contributed by atoms with E-state index >= 15 is 0 Å². The van der Waals surface area contributed by atoms with Gasteiger partial charge in [0.15, 0.2) is 29.2 Å². The summed E-state index contributed by atoms with van der Waals surface area (Å²) in [5.41, 5.74) is 1.41. The summed E-state index contributed by atoms with van der Waals surface area (Å²) in [5.74, 6) is -0.0849. The summed E-state index contributed by atoms with van der Waals surface area (Å²) in [7, 11) is 0. The number of phenols is 2. The van der Waals surface area contributed by atoms with Crippen LogP contribution in [0.25, 0.3) is 0 Å². The number of nitro benzene ring substituents is 1. The lowest BCUT2D eigenvalue weighted by molar-refractivity contribution is -0.384. The van der Waals surface area contributed by atoms with Crippen LogP contribution in [0.4, 0.5) is 11.4 Å². The average molecular weight is 492 g/mol. The summed E-state index contributed by atoms with van der Waals surface area (Å²) in [6.07, 6.45) is 0.570. The second kappa shape index (κ2) is 10.2. The van der Waals surface area contributed by atoms with Gasteiger partial charge in [-0.1, -0.05) is 6.07 Å². The van der Waals surface area contributed by atoms with Crippen LogP contribution < -0.4 is 14.8 Å². The molecule has 1 heterocycles. The van der Waals surface area contributed by atoms with Crippen LogP contribution in [0.2, 0.25) is 0 Å². The number of hydrazone groups is 1. The number of hydrogen-bond donors (Lipinski definition) is 3. The number of fused-ring (bicyclic) bond motifs is 1. The highest BCUT2D eigenvalue weighted by atomic mass is 16.6. The summed E-state index contributed by atoms with van der Waals surface area (Å²) < 4.78 is 10.9. The molecule has 1 atom stereocenters. The smallest absolute Gasteiger partial charge is 0.278 e. The fraction of sp³-hybridized carbons (Fsp3) is 0.200. The highest BCUT2D eigenvalue weighted by molar-refractivity contribution is 6.02. The van der Waals surface area contributed by atoms with Gasteiger partial charge in [-0.25, -0.2) is 5.01 Å². The zero-order chi connectivity index (χ0) is 25.8. The first kappa shape index (κ1) is 24.3. The van der Waals surface area contributed by atoms with Crippen molar-refractivity contribution in [2.45, 2.75) is 20.0 Å². The summed E-state index contributed by atoms with van der Waals surface area (Å²) in [4.78, 5) is 24.2. The normalized spacial score (nSPS) is 14.9. The van der Waals surface area contributed by atoms with Crippen LogP contribution in [-0.2, 0) is 0 Å². The van der Waals surface area contributed by atoms with Gasteiger partial charge in [-0.3, -0.25) is 14.9 Å². The Bertz CT molecular complexity index is 1340. The summed E-state index contributed by atoms with van der Waals surface area (Å²) in [6, 6.07) is 13.2. The maximum atomic E-state index is 13.5. The minimum Gasteiger partial charge on any atom is -0.504 e. The Morgan fingerprint density at radius 1 is 1.03 bits per heavy atom. The van der Waals surface area contributed by atoms with E-state index in [0.717, 1.165) is 0 Å². The SMILES string of the molecule is CCOc1cc(C=NN2C(=O)c3ccc([N+](=O)[O-])cc3NC2c2ccc(O)c(OCC)c2)ccc1O. The number of ether oxygens (including phenoxy) is 2. The standard InChI is InChI=1S/C25H24N4O7/c1-3-35-22-11-15(5-9-20(22)30)14-26-28-24(16-6-10-21(31)23(12-16)36-4-2)27-19-13-17(29(33)34)7-8-18(19)25(28)32/h5-14,24,27,30-31H,3-4H2,1-2H3. The number of nitrogens with zero attached hydrogens (tertiary/aromatic N) is 3. The number of nitrogens with one attached hydrogen (secondary N) is 1. The van der Waals surface area contributed by atoms with Crippen molar-refractivity contribution in [1.29, 1.82) is 0 Å². The van der Waals surface area contributed by atoms with Crippen molar-refractivity contribution < 1.29 is 29.4 Å². The predicted octanol–water partition coefficient (Wildman–Crippen LogP) is 4.40. The number of nitro groups is 1. The molecule has 0 fully saturated rings. The molecule has 11 heteroatoms. The minimum atomic E-state index is -0.869. The van der Waals surface area contributed by atoms with Crippen molar-refractivity contribution >= 4 is 23.5 Å². The van der Waals surface area contributed by atoms with E-state index in [0.29, 0.717) is 24.3 Å². The van der Waals surface area contributed by atoms with Crippen LogP contribution in [-0.4, -0.2) is 45.5 Å². The number of amides is 1. The molecule has 0 saturated heterocycles. The zero-order valence-corrected chi connectivity index (χ0v) is 19.5. The Kier molecular flexibility index (Phi) is 6.91. The molecule has 3 aromatic rings. The van der Waals surface area contributed by atoms with Crippen molar-refractivity contribution in [2.75, 3.05) is 18.5 Å². The third kappa shape index (κ3) is 4.85. The molecular formula is C25H24N4O7. The monoisotopic (exact) mass is 492 g/mol. The first-order valence-corrected chi connectivity index (χ1v) is 11.2. The van der Waals surface area contributed by atoms with E-state index in [4.69, 9.17) is 9.47 Å². The fourth-order valence-corrected chi connectivity index (χ4v) is 3.73. The van der Waals surface area contributed by atoms with Gasteiger partial charge >= 0.3 is 0 Å². The summed E-state index contributed by atoms with van der Waals surface area (Å²) >= 11 is 0. The Morgan fingerprint density at radius 3 is 2.36 bits per heavy atom. The quantitative estimate of drug-likeness (QED) is 0.238. The number of hydrogen-bond acceptors (Lipinski definition) is 9. The molecule has 0 spiro atoms. The molecule has 3 N–H and O–H groups in total. The van der Waals surface area contributed by atoms with Crippen LogP contribution in [0.1, 0.15) is 41.5 Å². The lowest BCUT2D eigenvalue weighted by Gasteiger charge is -2.34. The van der Waals surface area contributed by atoms with Crippen LogP contribution >= 0.6 is 0 Å². The Morgan fingerprint density at radius 2 is 1.69 bits per heavy atom. The number of non-ortho nitro benzene ring substituents is 1. The molecular weight excluding hydrogens is 468 g/mol. The van der Waals surface area contributed by atoms with Crippen molar-refractivity contribution in [2.24, 2.45) is 5.10 Å². The molecule has 0 aromatic heterocycles. The Labute approximate surface area is 206 Å². The topological polar surface area (TPSA) is 147 Å². The molecule has 1 aliphatic heterocycles. The zero-order valence-electron chi connectivity index (χ0n) is 19.5. The molecule has 0 saturated carbocycles. The fourth-order valence-electron chi connectivity index (χ4n) is 3.73. The maximum Gasteiger partial charge on any atom is 0.278 e. The van der Waals surface area contributed by atoms with Gasteiger partial charge in [0.2, 0.25) is 0 Å². The van der Waals surface area contributed by atoms with Crippen LogP contribution in [0.15, 0.2) is 59.7 Å². The molecule has 3 aromatic carbocycles. The van der Waals surface area contributed by atoms with E-state index in [1.807, 2.05) is 0 Å². The number of carbonyl (C=O) groups excluding carboxylic acids is 1. The molecule has 0 bridgehead atoms. The first-order valence-electron chi connectivity index (χ1n) is 11.2. The Hall–Kier alpha value is -4.80. The number of aromatic hydroxyl groups is 2. The van der Waals surface area contributed by atoms with Gasteiger partial charge in [-0.15, -0.1) is 0 Å². The van der Waals surface area contributed by atoms with Gasteiger partial charge in [0.25, 0.3) is 11.6 Å². The van der Waals surface area contributed by atoms with Gasteiger partial charge in [-0.2, -0.15) is 5.10 Å². The number of carbonyl (C=O) groups is 1. The van der Waals surface area contributed by atoms with Gasteiger partial charge < -0.3 is 25.0 Å². The molecule has 1 unspecified atom stereocenters. The van der Waals surface area contributed by atoms with Gasteiger partial charge in [0.05, 0.1) is 35.6 Å². The molecule has 4 rings (SSSR count). The molecule has 11 nitrogen and oxygen atoms in total. The van der Waals surface area contributed by atoms with Crippen molar-refractivity contribution in [1.82, 2.24) is 5.01 Å². The van der Waals surface area contributed by atoms with Crippen LogP contribution in [0, 0.1) is 10.1 Å². The van der Waals surface area contributed by atoms with E-state index in [-0.39, 0.29) is 39.9 Å². The third-order valence-electron chi connectivity index (χ3n) is 5.40. The third-order valence-corrected chi connectivity index (χ3v) is 5.40. The van der Waals surface area contributed by atoms with Gasteiger partial charge in [-0.05, 0) is 55.8 Å². The van der Waals surface area contributed by atoms with E-state index in [1.54, 1.807) is 38.1 Å². The maximum absolute atomic E-state index is 13.5. The van der Waals surface area contributed by atoms with Gasteiger partial charge in [0.1, 0.15) is 0 Å². The number of phenolic OH excluding ortho intramolecular Hbond substituents is 2. The molecule has 0 aliphatic carbocycles. The molecule has 0 radical (unpaired) electrons. The summed E-state index contributed by atoms with van der Waals surface area (Å²) in [6.45, 7) is 4.23. The largest absolute Gasteiger partial charge is 0.504 e. The summed E-state index contributed by atoms with van der Waals surface area (Å²) in [5, 5.41) is 40.1. The van der Waals surface area contributed by atoms with E-state index in [9.17, 15) is 25.1 Å². The highest BCUT2D eigenvalue weighted by Gasteiger charge is 2.34. The molecule has 1 amide bonds. The van der Waals surface area contributed by atoms with Crippen LogP contribution in [0.5, 0.6) is 23.0 Å². The first-order chi connectivity index (χ1) is 17.3. The minimum absolute atomic E-state index is 0.0225. The Balaban J connectivity index is 1.77. The number of anilines is 1. The van der Waals surface area contributed by atoms with Gasteiger partial charge in [0, 0.05) is 17.7 Å². The highest BCUT2D eigenvalue weighted by Crippen LogP contribution is 2.38. The van der Waals surface area contributed by atoms with E-state index < -0.39 is 17.0 Å². The molecule has 1 aliphatic rings. The number of rotatable bonds is 8. The predicted molar refractivity (Wildman–Crippen MR) is 132 cm³/mol. The van der Waals surface area contributed by atoms with E-state index in [1.165, 1.54) is 41.6 Å². The second-order valence-corrected chi connectivity index (χ2v) is 7.75. The second-order valence-electron chi connectivity index (χ2n) is 7.75. The van der Waals surface area contributed by atoms with Crippen molar-refractivity contribution in [3.63, 3.8) is 0 Å². The molecule has 36 heavy (non-hydrogen) atoms.